The highest BCUT2D eigenvalue weighted by atomic mass is 35.5. The number of pyridine rings is 1. The number of rotatable bonds is 4. The molecule has 1 aromatic rings. The van der Waals surface area contributed by atoms with Crippen LogP contribution in [0.3, 0.4) is 0 Å². The standard InChI is InChI=1S/C10H13ClN2O2/c1-2-13(5-6-14)10(15)9-7-8(11)3-4-12-9/h3-4,7,14H,2,5-6H2,1H3. The minimum absolute atomic E-state index is 0.0554. The molecule has 0 unspecified atom stereocenters. The predicted molar refractivity (Wildman–Crippen MR) is 57.9 cm³/mol. The first-order chi connectivity index (χ1) is 7.19. The quantitative estimate of drug-likeness (QED) is 0.842. The van der Waals surface area contributed by atoms with Crippen LogP contribution in [0.1, 0.15) is 17.4 Å². The molecule has 1 rings (SSSR count). The Morgan fingerprint density at radius 3 is 2.93 bits per heavy atom. The van der Waals surface area contributed by atoms with E-state index in [0.29, 0.717) is 23.8 Å². The largest absolute Gasteiger partial charge is 0.395 e. The van der Waals surface area contributed by atoms with Gasteiger partial charge >= 0.3 is 0 Å². The maximum Gasteiger partial charge on any atom is 0.272 e. The molecule has 1 heterocycles. The molecule has 15 heavy (non-hydrogen) atoms. The molecule has 0 aliphatic rings. The first-order valence-corrected chi connectivity index (χ1v) is 5.08. The Morgan fingerprint density at radius 1 is 1.67 bits per heavy atom. The Kier molecular flexibility index (Phi) is 4.52. The van der Waals surface area contributed by atoms with Gasteiger partial charge in [0.2, 0.25) is 0 Å². The van der Waals surface area contributed by atoms with Gasteiger partial charge in [-0.25, -0.2) is 0 Å². The minimum atomic E-state index is -0.214. The minimum Gasteiger partial charge on any atom is -0.395 e. The number of carbonyl (C=O) groups excluding carboxylic acids is 1. The van der Waals surface area contributed by atoms with E-state index in [1.54, 1.807) is 6.07 Å². The average Bonchev–Trinajstić information content (AvgIpc) is 2.25. The molecule has 82 valence electrons. The van der Waals surface area contributed by atoms with Crippen molar-refractivity contribution in [3.8, 4) is 0 Å². The zero-order chi connectivity index (χ0) is 11.3. The molecular weight excluding hydrogens is 216 g/mol. The summed E-state index contributed by atoms with van der Waals surface area (Å²) >= 11 is 5.75. The number of nitrogens with zero attached hydrogens (tertiary/aromatic N) is 2. The molecule has 0 radical (unpaired) electrons. The second-order valence-electron chi connectivity index (χ2n) is 2.97. The molecule has 0 saturated carbocycles. The van der Waals surface area contributed by atoms with Crippen LogP contribution in [-0.2, 0) is 0 Å². The number of carbonyl (C=O) groups is 1. The molecule has 0 bridgehead atoms. The molecule has 5 heteroatoms. The number of likely N-dealkylation sites (N-methyl/N-ethyl adjacent to an activating group) is 1. The smallest absolute Gasteiger partial charge is 0.272 e. The Bertz CT molecular complexity index is 344. The highest BCUT2D eigenvalue weighted by Gasteiger charge is 2.14. The number of halogens is 1. The molecule has 0 aliphatic heterocycles. The number of aliphatic hydroxyl groups excluding tert-OH is 1. The summed E-state index contributed by atoms with van der Waals surface area (Å²) in [6.07, 6.45) is 1.49. The van der Waals surface area contributed by atoms with Gasteiger partial charge in [-0.15, -0.1) is 0 Å². The molecular formula is C10H13ClN2O2. The van der Waals surface area contributed by atoms with E-state index in [1.165, 1.54) is 17.2 Å². The van der Waals surface area contributed by atoms with Crippen molar-refractivity contribution in [2.75, 3.05) is 19.7 Å². The van der Waals surface area contributed by atoms with Gasteiger partial charge in [0, 0.05) is 24.3 Å². The van der Waals surface area contributed by atoms with Crippen LogP contribution in [-0.4, -0.2) is 40.6 Å². The van der Waals surface area contributed by atoms with E-state index in [4.69, 9.17) is 16.7 Å². The van der Waals surface area contributed by atoms with Gasteiger partial charge in [-0.1, -0.05) is 11.6 Å². The van der Waals surface area contributed by atoms with Crippen molar-refractivity contribution >= 4 is 17.5 Å². The Labute approximate surface area is 93.5 Å². The van der Waals surface area contributed by atoms with Crippen molar-refractivity contribution in [1.29, 1.82) is 0 Å². The lowest BCUT2D eigenvalue weighted by Crippen LogP contribution is -2.33. The lowest BCUT2D eigenvalue weighted by molar-refractivity contribution is 0.0726. The zero-order valence-corrected chi connectivity index (χ0v) is 9.24. The van der Waals surface area contributed by atoms with Crippen molar-refractivity contribution < 1.29 is 9.90 Å². The van der Waals surface area contributed by atoms with Gasteiger partial charge in [-0.2, -0.15) is 0 Å². The summed E-state index contributed by atoms with van der Waals surface area (Å²) in [7, 11) is 0. The van der Waals surface area contributed by atoms with E-state index in [0.717, 1.165) is 0 Å². The maximum atomic E-state index is 11.8. The molecule has 0 atom stereocenters. The van der Waals surface area contributed by atoms with Crippen molar-refractivity contribution in [2.24, 2.45) is 0 Å². The monoisotopic (exact) mass is 228 g/mol. The lowest BCUT2D eigenvalue weighted by atomic mass is 10.3. The van der Waals surface area contributed by atoms with E-state index in [9.17, 15) is 4.79 Å². The van der Waals surface area contributed by atoms with Gasteiger partial charge in [0.15, 0.2) is 0 Å². The fourth-order valence-corrected chi connectivity index (χ4v) is 1.37. The van der Waals surface area contributed by atoms with E-state index >= 15 is 0 Å². The third-order valence-corrected chi connectivity index (χ3v) is 2.22. The first kappa shape index (κ1) is 11.9. The Balaban J connectivity index is 2.82. The van der Waals surface area contributed by atoms with Crippen molar-refractivity contribution in [2.45, 2.75) is 6.92 Å². The van der Waals surface area contributed by atoms with Crippen LogP contribution in [0.4, 0.5) is 0 Å². The third kappa shape index (κ3) is 3.18. The number of aromatic nitrogens is 1. The summed E-state index contributed by atoms with van der Waals surface area (Å²) in [4.78, 5) is 17.3. The summed E-state index contributed by atoms with van der Waals surface area (Å²) in [5, 5.41) is 9.26. The summed E-state index contributed by atoms with van der Waals surface area (Å²) in [5.41, 5.74) is 0.304. The topological polar surface area (TPSA) is 53.4 Å². The van der Waals surface area contributed by atoms with Gasteiger partial charge in [-0.3, -0.25) is 9.78 Å². The van der Waals surface area contributed by atoms with Crippen LogP contribution in [0.2, 0.25) is 5.02 Å². The number of aliphatic hydroxyl groups is 1. The van der Waals surface area contributed by atoms with Gasteiger partial charge in [0.1, 0.15) is 5.69 Å². The fourth-order valence-electron chi connectivity index (χ4n) is 1.21. The third-order valence-electron chi connectivity index (χ3n) is 1.98. The number of hydrogen-bond donors (Lipinski definition) is 1. The molecule has 0 fully saturated rings. The van der Waals surface area contributed by atoms with Crippen molar-refractivity contribution in [3.05, 3.63) is 29.0 Å². The second kappa shape index (κ2) is 5.68. The summed E-state index contributed by atoms with van der Waals surface area (Å²) < 4.78 is 0. The molecule has 0 saturated heterocycles. The average molecular weight is 229 g/mol. The highest BCUT2D eigenvalue weighted by Crippen LogP contribution is 2.09. The fraction of sp³-hybridized carbons (Fsp3) is 0.400. The van der Waals surface area contributed by atoms with Gasteiger partial charge in [0.25, 0.3) is 5.91 Å². The van der Waals surface area contributed by atoms with E-state index in [1.807, 2.05) is 6.92 Å². The number of hydrogen-bond acceptors (Lipinski definition) is 3. The van der Waals surface area contributed by atoms with Crippen LogP contribution in [0, 0.1) is 0 Å². The molecule has 1 aromatic heterocycles. The summed E-state index contributed by atoms with van der Waals surface area (Å²) in [6.45, 7) is 2.63. The normalized spacial score (nSPS) is 10.1. The molecule has 0 aliphatic carbocycles. The van der Waals surface area contributed by atoms with Crippen LogP contribution < -0.4 is 0 Å². The van der Waals surface area contributed by atoms with E-state index in [2.05, 4.69) is 4.98 Å². The van der Waals surface area contributed by atoms with Crippen molar-refractivity contribution in [3.63, 3.8) is 0 Å². The molecule has 4 nitrogen and oxygen atoms in total. The van der Waals surface area contributed by atoms with Crippen LogP contribution in [0.25, 0.3) is 0 Å². The van der Waals surface area contributed by atoms with Gasteiger partial charge < -0.3 is 10.0 Å². The number of amides is 1. The van der Waals surface area contributed by atoms with Crippen LogP contribution >= 0.6 is 11.6 Å². The molecule has 0 aromatic carbocycles. The highest BCUT2D eigenvalue weighted by molar-refractivity contribution is 6.30. The molecule has 0 spiro atoms. The van der Waals surface area contributed by atoms with E-state index in [-0.39, 0.29) is 12.5 Å². The lowest BCUT2D eigenvalue weighted by Gasteiger charge is -2.18. The van der Waals surface area contributed by atoms with Crippen LogP contribution in [0.15, 0.2) is 18.3 Å². The zero-order valence-electron chi connectivity index (χ0n) is 8.48. The second-order valence-corrected chi connectivity index (χ2v) is 3.40. The predicted octanol–water partition coefficient (Wildman–Crippen LogP) is 1.19. The SMILES string of the molecule is CCN(CCO)C(=O)c1cc(Cl)ccn1. The summed E-state index contributed by atoms with van der Waals surface area (Å²) in [6, 6.07) is 3.13. The van der Waals surface area contributed by atoms with Crippen LogP contribution in [0.5, 0.6) is 0 Å². The molecule has 1 amide bonds. The van der Waals surface area contributed by atoms with Crippen molar-refractivity contribution in [1.82, 2.24) is 9.88 Å². The Morgan fingerprint density at radius 2 is 2.40 bits per heavy atom. The maximum absolute atomic E-state index is 11.8. The van der Waals surface area contributed by atoms with Gasteiger partial charge in [-0.05, 0) is 19.1 Å². The summed E-state index contributed by atoms with van der Waals surface area (Å²) in [5.74, 6) is -0.214. The van der Waals surface area contributed by atoms with Gasteiger partial charge in [0.05, 0.1) is 6.61 Å². The molecule has 1 N–H and O–H groups in total. The first-order valence-electron chi connectivity index (χ1n) is 4.70. The Hall–Kier alpha value is -1.13. The van der Waals surface area contributed by atoms with E-state index < -0.39 is 0 Å².